The Morgan fingerprint density at radius 1 is 1.37 bits per heavy atom. The Balaban J connectivity index is 1.83. The van der Waals surface area contributed by atoms with Gasteiger partial charge in [-0.3, -0.25) is 0 Å². The zero-order valence-corrected chi connectivity index (χ0v) is 10.8. The zero-order chi connectivity index (χ0) is 12.8. The predicted molar refractivity (Wildman–Crippen MR) is 71.8 cm³/mol. The predicted octanol–water partition coefficient (Wildman–Crippen LogP) is 3.26. The van der Waals surface area contributed by atoms with Crippen LogP contribution >= 0.6 is 11.3 Å². The highest BCUT2D eigenvalue weighted by Crippen LogP contribution is 2.33. The molecular formula is C14H11FN2OS. The number of halogens is 1. The van der Waals surface area contributed by atoms with E-state index < -0.39 is 0 Å². The zero-order valence-electron chi connectivity index (χ0n) is 10.0. The van der Waals surface area contributed by atoms with E-state index in [4.69, 9.17) is 4.42 Å². The summed E-state index contributed by atoms with van der Waals surface area (Å²) < 4.78 is 18.9. The van der Waals surface area contributed by atoms with Crippen LogP contribution in [0.1, 0.15) is 22.4 Å². The molecule has 0 bridgehead atoms. The van der Waals surface area contributed by atoms with Crippen LogP contribution in [-0.2, 0) is 6.42 Å². The highest BCUT2D eigenvalue weighted by atomic mass is 32.1. The van der Waals surface area contributed by atoms with Crippen molar-refractivity contribution in [2.24, 2.45) is 0 Å². The van der Waals surface area contributed by atoms with E-state index in [1.807, 2.05) is 0 Å². The molecule has 0 saturated heterocycles. The maximum atomic E-state index is 13.2. The van der Waals surface area contributed by atoms with Gasteiger partial charge in [0.1, 0.15) is 17.4 Å². The van der Waals surface area contributed by atoms with Gasteiger partial charge in [-0.25, -0.2) is 9.37 Å². The standard InChI is InChI=1S/C14H11FN2OS/c15-8-1-2-11-10(7-8)17-14(18-11)13-9-4-6-19-12(9)3-5-16-13/h1-2,4,6-7,13,16H,3,5H2. The third-order valence-electron chi connectivity index (χ3n) is 3.40. The number of hydrogen-bond acceptors (Lipinski definition) is 4. The first-order valence-electron chi connectivity index (χ1n) is 6.17. The highest BCUT2D eigenvalue weighted by Gasteiger charge is 2.26. The van der Waals surface area contributed by atoms with Gasteiger partial charge in [-0.1, -0.05) is 0 Å². The number of nitrogens with zero attached hydrogens (tertiary/aromatic N) is 1. The van der Waals surface area contributed by atoms with Crippen molar-refractivity contribution in [3.63, 3.8) is 0 Å². The van der Waals surface area contributed by atoms with Crippen molar-refractivity contribution in [3.8, 4) is 0 Å². The van der Waals surface area contributed by atoms with Gasteiger partial charge in [0.25, 0.3) is 0 Å². The molecule has 0 radical (unpaired) electrons. The molecule has 1 aliphatic rings. The van der Waals surface area contributed by atoms with Crippen LogP contribution in [0.15, 0.2) is 34.1 Å². The minimum absolute atomic E-state index is 0.0227. The molecule has 4 rings (SSSR count). The van der Waals surface area contributed by atoms with Crippen LogP contribution < -0.4 is 5.32 Å². The van der Waals surface area contributed by atoms with Crippen molar-refractivity contribution >= 4 is 22.4 Å². The second-order valence-corrected chi connectivity index (χ2v) is 5.60. The molecule has 3 aromatic rings. The van der Waals surface area contributed by atoms with E-state index in [0.29, 0.717) is 17.0 Å². The Morgan fingerprint density at radius 3 is 3.26 bits per heavy atom. The molecule has 1 aliphatic heterocycles. The lowest BCUT2D eigenvalue weighted by Gasteiger charge is -2.21. The van der Waals surface area contributed by atoms with E-state index in [0.717, 1.165) is 13.0 Å². The molecule has 96 valence electrons. The second kappa shape index (κ2) is 4.15. The van der Waals surface area contributed by atoms with Crippen molar-refractivity contribution < 1.29 is 8.81 Å². The molecule has 0 saturated carbocycles. The lowest BCUT2D eigenvalue weighted by Crippen LogP contribution is -2.29. The summed E-state index contributed by atoms with van der Waals surface area (Å²) >= 11 is 1.76. The Hall–Kier alpha value is -1.72. The fourth-order valence-electron chi connectivity index (χ4n) is 2.51. The van der Waals surface area contributed by atoms with E-state index >= 15 is 0 Å². The van der Waals surface area contributed by atoms with Gasteiger partial charge in [0.05, 0.1) is 0 Å². The monoisotopic (exact) mass is 274 g/mol. The summed E-state index contributed by atoms with van der Waals surface area (Å²) in [6.45, 7) is 0.908. The molecular weight excluding hydrogens is 263 g/mol. The lowest BCUT2D eigenvalue weighted by atomic mass is 10.0. The summed E-state index contributed by atoms with van der Waals surface area (Å²) in [5.41, 5.74) is 2.42. The summed E-state index contributed by atoms with van der Waals surface area (Å²) in [5, 5.41) is 5.50. The first kappa shape index (κ1) is 11.1. The maximum Gasteiger partial charge on any atom is 0.217 e. The van der Waals surface area contributed by atoms with E-state index in [-0.39, 0.29) is 11.9 Å². The smallest absolute Gasteiger partial charge is 0.217 e. The highest BCUT2D eigenvalue weighted by molar-refractivity contribution is 7.10. The molecule has 0 aliphatic carbocycles. The van der Waals surface area contributed by atoms with Crippen LogP contribution in [0.5, 0.6) is 0 Å². The van der Waals surface area contributed by atoms with Gasteiger partial charge in [0.15, 0.2) is 5.58 Å². The van der Waals surface area contributed by atoms with Crippen LogP contribution in [0, 0.1) is 5.82 Å². The third kappa shape index (κ3) is 1.77. The van der Waals surface area contributed by atoms with Crippen LogP contribution in [0.2, 0.25) is 0 Å². The van der Waals surface area contributed by atoms with Crippen LogP contribution in [0.3, 0.4) is 0 Å². The average molecular weight is 274 g/mol. The maximum absolute atomic E-state index is 13.2. The van der Waals surface area contributed by atoms with Crippen LogP contribution in [0.25, 0.3) is 11.1 Å². The number of nitrogens with one attached hydrogen (secondary N) is 1. The van der Waals surface area contributed by atoms with E-state index in [2.05, 4.69) is 21.7 Å². The largest absolute Gasteiger partial charge is 0.439 e. The van der Waals surface area contributed by atoms with Crippen LogP contribution in [0.4, 0.5) is 4.39 Å². The summed E-state index contributed by atoms with van der Waals surface area (Å²) in [6.07, 6.45) is 1.04. The summed E-state index contributed by atoms with van der Waals surface area (Å²) in [6, 6.07) is 6.50. The summed E-state index contributed by atoms with van der Waals surface area (Å²) in [4.78, 5) is 5.78. The van der Waals surface area contributed by atoms with Gasteiger partial charge in [-0.15, -0.1) is 11.3 Å². The van der Waals surface area contributed by atoms with E-state index in [1.54, 1.807) is 17.4 Å². The molecule has 1 unspecified atom stereocenters. The number of oxazole rings is 1. The van der Waals surface area contributed by atoms with Crippen molar-refractivity contribution in [1.29, 1.82) is 0 Å². The number of fused-ring (bicyclic) bond motifs is 2. The van der Waals surface area contributed by atoms with Gasteiger partial charge < -0.3 is 9.73 Å². The normalized spacial score (nSPS) is 18.7. The topological polar surface area (TPSA) is 38.1 Å². The number of aromatic nitrogens is 1. The Bertz CT molecular complexity index is 749. The second-order valence-electron chi connectivity index (χ2n) is 4.60. The van der Waals surface area contributed by atoms with E-state index in [9.17, 15) is 4.39 Å². The quantitative estimate of drug-likeness (QED) is 0.740. The molecule has 5 heteroatoms. The average Bonchev–Trinajstić information content (AvgIpc) is 3.03. The lowest BCUT2D eigenvalue weighted by molar-refractivity contribution is 0.442. The molecule has 1 aromatic carbocycles. The Kier molecular flexibility index (Phi) is 2.43. The Labute approximate surface area is 113 Å². The molecule has 0 spiro atoms. The van der Waals surface area contributed by atoms with Gasteiger partial charge in [-0.05, 0) is 35.6 Å². The van der Waals surface area contributed by atoms with Gasteiger partial charge in [-0.2, -0.15) is 0 Å². The van der Waals surface area contributed by atoms with Crippen molar-refractivity contribution in [2.75, 3.05) is 6.54 Å². The van der Waals surface area contributed by atoms with E-state index in [1.165, 1.54) is 22.6 Å². The first-order chi connectivity index (χ1) is 9.31. The first-order valence-corrected chi connectivity index (χ1v) is 7.05. The fraction of sp³-hybridized carbons (Fsp3) is 0.214. The SMILES string of the molecule is Fc1ccc2oc(C3NCCc4sccc43)nc2c1. The summed E-state index contributed by atoms with van der Waals surface area (Å²) in [7, 11) is 0. The molecule has 2 aromatic heterocycles. The molecule has 3 heterocycles. The van der Waals surface area contributed by atoms with Crippen molar-refractivity contribution in [1.82, 2.24) is 10.3 Å². The van der Waals surface area contributed by atoms with Crippen LogP contribution in [-0.4, -0.2) is 11.5 Å². The molecule has 1 N–H and O–H groups in total. The third-order valence-corrected chi connectivity index (χ3v) is 4.40. The Morgan fingerprint density at radius 2 is 2.32 bits per heavy atom. The summed E-state index contributed by atoms with van der Waals surface area (Å²) in [5.74, 6) is 0.320. The molecule has 0 fully saturated rings. The number of rotatable bonds is 1. The van der Waals surface area contributed by atoms with Gasteiger partial charge in [0.2, 0.25) is 5.89 Å². The minimum atomic E-state index is -0.292. The molecule has 3 nitrogen and oxygen atoms in total. The molecule has 0 amide bonds. The van der Waals surface area contributed by atoms with Gasteiger partial charge in [0, 0.05) is 17.5 Å². The molecule has 1 atom stereocenters. The molecule has 19 heavy (non-hydrogen) atoms. The van der Waals surface area contributed by atoms with Crippen molar-refractivity contribution in [3.05, 3.63) is 51.8 Å². The minimum Gasteiger partial charge on any atom is -0.439 e. The van der Waals surface area contributed by atoms with Crippen molar-refractivity contribution in [2.45, 2.75) is 12.5 Å². The van der Waals surface area contributed by atoms with Gasteiger partial charge >= 0.3 is 0 Å². The number of thiophene rings is 1. The number of benzene rings is 1. The fourth-order valence-corrected chi connectivity index (χ4v) is 3.43. The number of hydrogen-bond donors (Lipinski definition) is 1.